The van der Waals surface area contributed by atoms with E-state index in [1.165, 1.54) is 22.3 Å². The third-order valence-corrected chi connectivity index (χ3v) is 8.08. The van der Waals surface area contributed by atoms with Crippen LogP contribution in [0.15, 0.2) is 110 Å². The maximum absolute atomic E-state index is 12.1. The predicted octanol–water partition coefficient (Wildman–Crippen LogP) is 13.4. The molecular weight excluding hydrogens is 666 g/mol. The maximum atomic E-state index is 12.1. The summed E-state index contributed by atoms with van der Waals surface area (Å²) >= 11 is 0. The molecule has 5 aromatic rings. The molecule has 2 heterocycles. The van der Waals surface area contributed by atoms with Crippen LogP contribution in [-0.4, -0.2) is 19.7 Å². The first-order valence-electron chi connectivity index (χ1n) is 18.3. The number of alkyl halides is 3. The number of halogens is 3. The second-order valence-corrected chi connectivity index (χ2v) is 18.4. The smallest absolute Gasteiger partial charge is 0.338 e. The van der Waals surface area contributed by atoms with E-state index in [0.29, 0.717) is 22.1 Å². The number of H-pyrrole nitrogens is 1. The van der Waals surface area contributed by atoms with E-state index in [0.717, 1.165) is 6.20 Å². The summed E-state index contributed by atoms with van der Waals surface area (Å²) in [4.78, 5) is 5.94. The molecule has 1 N–H and O–H groups in total. The van der Waals surface area contributed by atoms with Gasteiger partial charge in [0.1, 0.15) is 11.5 Å². The van der Waals surface area contributed by atoms with Gasteiger partial charge in [0.15, 0.2) is 0 Å². The van der Waals surface area contributed by atoms with Crippen molar-refractivity contribution in [1.82, 2.24) is 19.7 Å². The second kappa shape index (κ2) is 19.3. The van der Waals surface area contributed by atoms with E-state index in [1.807, 2.05) is 17.9 Å². The number of nitrogens with one attached hydrogen (secondary N) is 1. The highest BCUT2D eigenvalue weighted by atomic mass is 19.4. The molecule has 0 fully saturated rings. The van der Waals surface area contributed by atoms with Crippen LogP contribution >= 0.6 is 0 Å². The van der Waals surface area contributed by atoms with E-state index in [9.17, 15) is 13.2 Å². The SMILES string of the molecule is CC(C)(C)c1ccccc1.CC(C)(C)c1ccccc1.CC(C)(C)c1ccccc1.CC(C)(C)c1ncc(C(F)(F)F)[nH]1.Cn1cc(C(C)(C)C)cn1. The highest BCUT2D eigenvalue weighted by Crippen LogP contribution is 2.30. The summed E-state index contributed by atoms with van der Waals surface area (Å²) in [5.41, 5.74) is 5.41. The summed E-state index contributed by atoms with van der Waals surface area (Å²) in [6.07, 6.45) is 0.455. The third-order valence-electron chi connectivity index (χ3n) is 8.08. The molecule has 0 atom stereocenters. The van der Waals surface area contributed by atoms with E-state index in [2.05, 4.69) is 195 Å². The molecule has 4 nitrogen and oxygen atoms in total. The topological polar surface area (TPSA) is 46.5 Å². The molecular formula is C46H67F3N4. The van der Waals surface area contributed by atoms with Crippen LogP contribution < -0.4 is 0 Å². The molecule has 5 rings (SSSR count). The quantitative estimate of drug-likeness (QED) is 0.172. The summed E-state index contributed by atoms with van der Waals surface area (Å²) in [7, 11) is 1.94. The van der Waals surface area contributed by atoms with Crippen molar-refractivity contribution < 1.29 is 13.2 Å². The fourth-order valence-electron chi connectivity index (χ4n) is 4.47. The molecule has 0 bridgehead atoms. The van der Waals surface area contributed by atoms with E-state index in [1.54, 1.807) is 20.8 Å². The fraction of sp³-hybridized carbons (Fsp3) is 0.478. The van der Waals surface area contributed by atoms with Crippen LogP contribution in [0.25, 0.3) is 0 Å². The monoisotopic (exact) mass is 733 g/mol. The molecule has 0 aliphatic carbocycles. The van der Waals surface area contributed by atoms with Gasteiger partial charge in [0.25, 0.3) is 0 Å². The van der Waals surface area contributed by atoms with Gasteiger partial charge < -0.3 is 4.98 Å². The molecule has 0 aliphatic heterocycles. The molecule has 53 heavy (non-hydrogen) atoms. The molecule has 0 saturated carbocycles. The molecule has 292 valence electrons. The van der Waals surface area contributed by atoms with Crippen molar-refractivity contribution in [1.29, 1.82) is 0 Å². The highest BCUT2D eigenvalue weighted by Gasteiger charge is 2.34. The number of rotatable bonds is 0. The van der Waals surface area contributed by atoms with Crippen LogP contribution in [0.2, 0.25) is 0 Å². The fourth-order valence-corrected chi connectivity index (χ4v) is 4.47. The Morgan fingerprint density at radius 2 is 0.774 bits per heavy atom. The van der Waals surface area contributed by atoms with Gasteiger partial charge in [-0.1, -0.05) is 195 Å². The summed E-state index contributed by atoms with van der Waals surface area (Å²) in [5, 5.41) is 4.10. The minimum absolute atomic E-state index is 0.230. The van der Waals surface area contributed by atoms with Gasteiger partial charge in [-0.25, -0.2) is 4.98 Å². The van der Waals surface area contributed by atoms with Crippen molar-refractivity contribution in [3.05, 3.63) is 143 Å². The Kier molecular flexibility index (Phi) is 17.1. The van der Waals surface area contributed by atoms with Crippen LogP contribution in [0.5, 0.6) is 0 Å². The molecule has 0 aliphatic rings. The summed E-state index contributed by atoms with van der Waals surface area (Å²) in [6, 6.07) is 31.7. The van der Waals surface area contributed by atoms with E-state index >= 15 is 0 Å². The van der Waals surface area contributed by atoms with Crippen LogP contribution in [0, 0.1) is 0 Å². The lowest BCUT2D eigenvalue weighted by atomic mass is 9.87. The minimum Gasteiger partial charge on any atom is -0.338 e. The Balaban J connectivity index is 0.000000333. The lowest BCUT2D eigenvalue weighted by molar-refractivity contribution is -0.141. The van der Waals surface area contributed by atoms with Gasteiger partial charge in [-0.15, -0.1) is 0 Å². The number of benzene rings is 3. The number of hydrogen-bond acceptors (Lipinski definition) is 2. The lowest BCUT2D eigenvalue weighted by Gasteiger charge is -2.18. The van der Waals surface area contributed by atoms with Crippen molar-refractivity contribution in [2.45, 2.75) is 137 Å². The molecule has 3 aromatic carbocycles. The lowest BCUT2D eigenvalue weighted by Crippen LogP contribution is -2.14. The van der Waals surface area contributed by atoms with Crippen molar-refractivity contribution in [2.24, 2.45) is 7.05 Å². The molecule has 0 saturated heterocycles. The molecule has 7 heteroatoms. The Morgan fingerprint density at radius 1 is 0.453 bits per heavy atom. The van der Waals surface area contributed by atoms with Crippen LogP contribution in [0.4, 0.5) is 13.2 Å². The Bertz CT molecular complexity index is 1550. The van der Waals surface area contributed by atoms with Gasteiger partial charge >= 0.3 is 6.18 Å². The van der Waals surface area contributed by atoms with Gasteiger partial charge in [-0.3, -0.25) is 4.68 Å². The standard InChI is InChI=1S/3C10H14.C8H11F3N2.C8H14N2/c3*1-10(2,3)9-7-5-4-6-8-9;1-7(2,3)6-12-4-5(13-6)8(9,10)11;1-8(2,3)7-5-9-10(4)6-7/h3*4-8H,1-3H3;4H,1-3H3,(H,12,13);5-6H,1-4H3. The molecule has 2 aromatic heterocycles. The molecule has 0 radical (unpaired) electrons. The molecule has 0 spiro atoms. The number of aromatic amines is 1. The number of aryl methyl sites for hydroxylation is 1. The van der Waals surface area contributed by atoms with Gasteiger partial charge in [0.05, 0.1) is 12.4 Å². The first kappa shape index (κ1) is 46.9. The van der Waals surface area contributed by atoms with Crippen molar-refractivity contribution in [2.75, 3.05) is 0 Å². The van der Waals surface area contributed by atoms with Gasteiger partial charge in [0.2, 0.25) is 0 Å². The van der Waals surface area contributed by atoms with E-state index in [4.69, 9.17) is 0 Å². The average molecular weight is 733 g/mol. The van der Waals surface area contributed by atoms with Crippen LogP contribution in [0.1, 0.15) is 138 Å². The number of imidazole rings is 1. The molecule has 0 unspecified atom stereocenters. The van der Waals surface area contributed by atoms with Crippen molar-refractivity contribution in [3.8, 4) is 0 Å². The van der Waals surface area contributed by atoms with Crippen LogP contribution in [-0.2, 0) is 40.3 Å². The Labute approximate surface area is 319 Å². The number of nitrogens with zero attached hydrogens (tertiary/aromatic N) is 3. The first-order chi connectivity index (χ1) is 24.0. The zero-order valence-corrected chi connectivity index (χ0v) is 35.4. The zero-order valence-electron chi connectivity index (χ0n) is 35.4. The third kappa shape index (κ3) is 18.5. The van der Waals surface area contributed by atoms with E-state index in [-0.39, 0.29) is 10.8 Å². The number of aromatic nitrogens is 4. The minimum atomic E-state index is -4.34. The van der Waals surface area contributed by atoms with Crippen LogP contribution in [0.3, 0.4) is 0 Å². The largest absolute Gasteiger partial charge is 0.432 e. The molecule has 0 amide bonds. The zero-order chi connectivity index (χ0) is 40.9. The first-order valence-corrected chi connectivity index (χ1v) is 18.3. The summed E-state index contributed by atoms with van der Waals surface area (Å²) in [6.45, 7) is 32.0. The van der Waals surface area contributed by atoms with Gasteiger partial charge in [-0.05, 0) is 43.9 Å². The Morgan fingerprint density at radius 3 is 0.925 bits per heavy atom. The Hall–Kier alpha value is -4.13. The highest BCUT2D eigenvalue weighted by molar-refractivity contribution is 5.24. The normalized spacial score (nSPS) is 12.1. The summed E-state index contributed by atoms with van der Waals surface area (Å²) in [5.74, 6) is 0.347. The maximum Gasteiger partial charge on any atom is 0.432 e. The number of hydrogen-bond donors (Lipinski definition) is 1. The predicted molar refractivity (Wildman–Crippen MR) is 220 cm³/mol. The van der Waals surface area contributed by atoms with Gasteiger partial charge in [-0.2, -0.15) is 18.3 Å². The van der Waals surface area contributed by atoms with Crippen molar-refractivity contribution >= 4 is 0 Å². The second-order valence-electron chi connectivity index (χ2n) is 18.4. The summed E-state index contributed by atoms with van der Waals surface area (Å²) < 4.78 is 38.2. The van der Waals surface area contributed by atoms with Gasteiger partial charge in [0, 0.05) is 18.7 Å². The van der Waals surface area contributed by atoms with Crippen molar-refractivity contribution in [3.63, 3.8) is 0 Å². The average Bonchev–Trinajstić information content (AvgIpc) is 3.73. The van der Waals surface area contributed by atoms with E-state index < -0.39 is 11.9 Å².